The number of carbonyl (C=O) groups is 1. The molecule has 4 aromatic rings. The van der Waals surface area contributed by atoms with Crippen molar-refractivity contribution in [1.82, 2.24) is 19.7 Å². The fourth-order valence-corrected chi connectivity index (χ4v) is 3.19. The van der Waals surface area contributed by atoms with Gasteiger partial charge in [-0.2, -0.15) is 4.68 Å². The van der Waals surface area contributed by atoms with E-state index in [2.05, 4.69) is 15.1 Å². The summed E-state index contributed by atoms with van der Waals surface area (Å²) in [7, 11) is 0. The van der Waals surface area contributed by atoms with E-state index in [1.54, 1.807) is 19.1 Å². The average Bonchev–Trinajstić information content (AvgIpc) is 3.28. The van der Waals surface area contributed by atoms with Gasteiger partial charge >= 0.3 is 5.97 Å². The van der Waals surface area contributed by atoms with Gasteiger partial charge < -0.3 is 9.72 Å². The van der Waals surface area contributed by atoms with E-state index < -0.39 is 5.97 Å². The molecular formula is C21H19FN4O3. The fraction of sp³-hybridized carbons (Fsp3) is 0.190. The second-order valence-electron chi connectivity index (χ2n) is 6.53. The largest absolute Gasteiger partial charge is 0.461 e. The predicted molar refractivity (Wildman–Crippen MR) is 106 cm³/mol. The molecule has 29 heavy (non-hydrogen) atoms. The van der Waals surface area contributed by atoms with Crippen molar-refractivity contribution in [3.8, 4) is 5.95 Å². The number of nitrogens with zero attached hydrogens (tertiary/aromatic N) is 2. The highest BCUT2D eigenvalue weighted by atomic mass is 19.1. The van der Waals surface area contributed by atoms with Crippen LogP contribution in [0.4, 0.5) is 4.39 Å². The number of para-hydroxylation sites is 2. The van der Waals surface area contributed by atoms with Gasteiger partial charge in [0.05, 0.1) is 23.2 Å². The van der Waals surface area contributed by atoms with Gasteiger partial charge in [0, 0.05) is 0 Å². The van der Waals surface area contributed by atoms with Crippen LogP contribution in [-0.2, 0) is 17.6 Å². The summed E-state index contributed by atoms with van der Waals surface area (Å²) in [6, 6.07) is 13.4. The second kappa shape index (κ2) is 7.75. The lowest BCUT2D eigenvalue weighted by molar-refractivity contribution is 0.0517. The Labute approximate surface area is 165 Å². The van der Waals surface area contributed by atoms with Crippen LogP contribution in [0, 0.1) is 5.82 Å². The number of H-pyrrole nitrogens is 2. The lowest BCUT2D eigenvalue weighted by Crippen LogP contribution is -2.19. The molecule has 0 unspecified atom stereocenters. The van der Waals surface area contributed by atoms with Gasteiger partial charge in [-0.25, -0.2) is 14.2 Å². The van der Waals surface area contributed by atoms with Crippen LogP contribution in [0.5, 0.6) is 0 Å². The van der Waals surface area contributed by atoms with Gasteiger partial charge in [0.1, 0.15) is 11.5 Å². The highest BCUT2D eigenvalue weighted by Gasteiger charge is 2.23. The summed E-state index contributed by atoms with van der Waals surface area (Å²) in [4.78, 5) is 32.9. The Balaban J connectivity index is 1.73. The maximum atomic E-state index is 13.1. The summed E-state index contributed by atoms with van der Waals surface area (Å²) in [6.07, 6.45) is 0.766. The molecule has 0 atom stereocenters. The number of ether oxygens (including phenoxy) is 1. The first-order valence-electron chi connectivity index (χ1n) is 9.27. The molecule has 8 heteroatoms. The summed E-state index contributed by atoms with van der Waals surface area (Å²) < 4.78 is 19.4. The van der Waals surface area contributed by atoms with Gasteiger partial charge in [0.25, 0.3) is 5.56 Å². The molecule has 148 valence electrons. The molecule has 2 aromatic heterocycles. The lowest BCUT2D eigenvalue weighted by atomic mass is 10.0. The third kappa shape index (κ3) is 3.69. The van der Waals surface area contributed by atoms with Gasteiger partial charge in [0.15, 0.2) is 0 Å². The number of hydrogen-bond donors (Lipinski definition) is 2. The van der Waals surface area contributed by atoms with E-state index in [0.29, 0.717) is 23.9 Å². The van der Waals surface area contributed by atoms with E-state index >= 15 is 0 Å². The zero-order chi connectivity index (χ0) is 20.4. The van der Waals surface area contributed by atoms with Crippen LogP contribution < -0.4 is 5.56 Å². The summed E-state index contributed by atoms with van der Waals surface area (Å²) in [6.45, 7) is 1.89. The van der Waals surface area contributed by atoms with Crippen molar-refractivity contribution in [1.29, 1.82) is 0 Å². The molecule has 0 spiro atoms. The standard InChI is InChI=1S/C21H19FN4O3/c1-2-29-20(28)18-15(12-9-13-7-10-14(22)11-8-13)19(27)26(25-18)21-23-16-5-3-4-6-17(16)24-21/h3-8,10-11,25H,2,9,12H2,1H3,(H,23,24). The number of imidazole rings is 1. The van der Waals surface area contributed by atoms with Crippen molar-refractivity contribution < 1.29 is 13.9 Å². The Morgan fingerprint density at radius 2 is 1.90 bits per heavy atom. The molecule has 0 saturated carbocycles. The maximum absolute atomic E-state index is 13.1. The Morgan fingerprint density at radius 1 is 1.14 bits per heavy atom. The molecule has 0 aliphatic rings. The minimum Gasteiger partial charge on any atom is -0.461 e. The Morgan fingerprint density at radius 3 is 2.62 bits per heavy atom. The van der Waals surface area contributed by atoms with Crippen molar-refractivity contribution in [3.05, 3.63) is 81.5 Å². The Bertz CT molecular complexity index is 1190. The molecule has 0 aliphatic carbocycles. The van der Waals surface area contributed by atoms with Gasteiger partial charge in [-0.15, -0.1) is 0 Å². The van der Waals surface area contributed by atoms with Crippen molar-refractivity contribution >= 4 is 17.0 Å². The van der Waals surface area contributed by atoms with Gasteiger partial charge in [-0.05, 0) is 49.6 Å². The number of hydrogen-bond acceptors (Lipinski definition) is 4. The number of aromatic nitrogens is 4. The monoisotopic (exact) mass is 394 g/mol. The predicted octanol–water partition coefficient (Wildman–Crippen LogP) is 3.14. The zero-order valence-corrected chi connectivity index (χ0v) is 15.7. The normalized spacial score (nSPS) is 11.1. The van der Waals surface area contributed by atoms with Crippen molar-refractivity contribution in [2.75, 3.05) is 6.61 Å². The van der Waals surface area contributed by atoms with E-state index in [1.165, 1.54) is 16.8 Å². The summed E-state index contributed by atoms with van der Waals surface area (Å²) >= 11 is 0. The molecular weight excluding hydrogens is 375 g/mol. The minimum atomic E-state index is -0.603. The molecule has 0 aliphatic heterocycles. The van der Waals surface area contributed by atoms with Crippen LogP contribution in [-0.4, -0.2) is 32.3 Å². The molecule has 0 amide bonds. The smallest absolute Gasteiger partial charge is 0.356 e. The molecule has 0 saturated heterocycles. The molecule has 2 N–H and O–H groups in total. The quantitative estimate of drug-likeness (QED) is 0.492. The zero-order valence-electron chi connectivity index (χ0n) is 15.7. The summed E-state index contributed by atoms with van der Waals surface area (Å²) in [5.74, 6) is -0.641. The molecule has 7 nitrogen and oxygen atoms in total. The van der Waals surface area contributed by atoms with Crippen LogP contribution in [0.2, 0.25) is 0 Å². The highest BCUT2D eigenvalue weighted by molar-refractivity contribution is 5.89. The van der Waals surface area contributed by atoms with Gasteiger partial charge in [0.2, 0.25) is 5.95 Å². The van der Waals surface area contributed by atoms with Crippen LogP contribution in [0.25, 0.3) is 17.0 Å². The van der Waals surface area contributed by atoms with Crippen molar-refractivity contribution in [2.24, 2.45) is 0 Å². The van der Waals surface area contributed by atoms with Crippen molar-refractivity contribution in [2.45, 2.75) is 19.8 Å². The van der Waals surface area contributed by atoms with Crippen LogP contribution in [0.15, 0.2) is 53.3 Å². The first-order valence-corrected chi connectivity index (χ1v) is 9.27. The first-order chi connectivity index (χ1) is 14.1. The van der Waals surface area contributed by atoms with E-state index in [9.17, 15) is 14.0 Å². The minimum absolute atomic E-state index is 0.0967. The first kappa shape index (κ1) is 18.7. The third-order valence-corrected chi connectivity index (χ3v) is 4.63. The molecule has 4 rings (SSSR count). The highest BCUT2D eigenvalue weighted by Crippen LogP contribution is 2.15. The second-order valence-corrected chi connectivity index (χ2v) is 6.53. The number of fused-ring (bicyclic) bond motifs is 1. The number of rotatable bonds is 6. The van der Waals surface area contributed by atoms with Gasteiger partial charge in [-0.3, -0.25) is 9.89 Å². The number of aryl methyl sites for hydroxylation is 1. The number of aromatic amines is 2. The van der Waals surface area contributed by atoms with E-state index in [4.69, 9.17) is 4.74 Å². The lowest BCUT2D eigenvalue weighted by Gasteiger charge is -2.03. The van der Waals surface area contributed by atoms with Crippen LogP contribution in [0.3, 0.4) is 0 Å². The van der Waals surface area contributed by atoms with E-state index in [-0.39, 0.29) is 29.6 Å². The molecule has 0 radical (unpaired) electrons. The molecule has 0 bridgehead atoms. The van der Waals surface area contributed by atoms with Crippen molar-refractivity contribution in [3.63, 3.8) is 0 Å². The molecule has 2 heterocycles. The fourth-order valence-electron chi connectivity index (χ4n) is 3.19. The SMILES string of the molecule is CCOC(=O)c1[nH]n(-c2nc3ccccc3[nH]2)c(=O)c1CCc1ccc(F)cc1. The number of halogens is 1. The average molecular weight is 394 g/mol. The third-order valence-electron chi connectivity index (χ3n) is 4.63. The number of nitrogens with one attached hydrogen (secondary N) is 2. The van der Waals surface area contributed by atoms with E-state index in [1.807, 2.05) is 24.3 Å². The molecule has 0 fully saturated rings. The van der Waals surface area contributed by atoms with Crippen LogP contribution in [0.1, 0.15) is 28.5 Å². The summed E-state index contributed by atoms with van der Waals surface area (Å²) in [5, 5.41) is 2.83. The van der Waals surface area contributed by atoms with E-state index in [0.717, 1.165) is 11.1 Å². The van der Waals surface area contributed by atoms with Gasteiger partial charge in [-0.1, -0.05) is 24.3 Å². The topological polar surface area (TPSA) is 92.8 Å². The molecule has 2 aromatic carbocycles. The Kier molecular flexibility index (Phi) is 4.99. The van der Waals surface area contributed by atoms with Crippen LogP contribution >= 0.6 is 0 Å². The number of carbonyl (C=O) groups excluding carboxylic acids is 1. The number of esters is 1. The Hall–Kier alpha value is -3.68. The summed E-state index contributed by atoms with van der Waals surface area (Å²) in [5.41, 5.74) is 2.35. The number of benzene rings is 2. The maximum Gasteiger partial charge on any atom is 0.356 e.